The highest BCUT2D eigenvalue weighted by Crippen LogP contribution is 2.36. The first-order valence-corrected chi connectivity index (χ1v) is 6.56. The standard InChI is InChI=1S/C14H15ClN2O/c1-16-14-12-6-5-10(8-13(12)17-18-14)9-3-2-4-11(15)7-9/h2-4,7,10,16H,5-6,8H2,1H3. The summed E-state index contributed by atoms with van der Waals surface area (Å²) >= 11 is 6.05. The minimum Gasteiger partial charge on any atom is -0.357 e. The highest BCUT2D eigenvalue weighted by atomic mass is 35.5. The van der Waals surface area contributed by atoms with Gasteiger partial charge in [-0.15, -0.1) is 0 Å². The lowest BCUT2D eigenvalue weighted by molar-refractivity contribution is 0.422. The van der Waals surface area contributed by atoms with Crippen molar-refractivity contribution in [1.29, 1.82) is 0 Å². The summed E-state index contributed by atoms with van der Waals surface area (Å²) in [5.41, 5.74) is 3.61. The molecule has 0 fully saturated rings. The number of benzene rings is 1. The van der Waals surface area contributed by atoms with Gasteiger partial charge in [0.2, 0.25) is 5.88 Å². The molecule has 1 atom stereocenters. The van der Waals surface area contributed by atoms with Gasteiger partial charge in [-0.25, -0.2) is 0 Å². The number of hydrogen-bond donors (Lipinski definition) is 1. The normalized spacial score (nSPS) is 18.4. The molecule has 2 aromatic rings. The maximum atomic E-state index is 6.05. The zero-order chi connectivity index (χ0) is 12.5. The van der Waals surface area contributed by atoms with Gasteiger partial charge in [0.05, 0.1) is 5.69 Å². The molecule has 1 unspecified atom stereocenters. The third kappa shape index (κ3) is 1.99. The average Bonchev–Trinajstić information content (AvgIpc) is 2.80. The van der Waals surface area contributed by atoms with Gasteiger partial charge in [-0.1, -0.05) is 28.9 Å². The van der Waals surface area contributed by atoms with E-state index in [1.54, 1.807) is 0 Å². The fraction of sp³-hybridized carbons (Fsp3) is 0.357. The number of nitrogens with zero attached hydrogens (tertiary/aromatic N) is 1. The molecule has 0 saturated carbocycles. The Hall–Kier alpha value is -1.48. The van der Waals surface area contributed by atoms with Crippen LogP contribution in [0.4, 0.5) is 5.88 Å². The first-order valence-electron chi connectivity index (χ1n) is 6.18. The molecule has 0 aliphatic heterocycles. The second-order valence-electron chi connectivity index (χ2n) is 4.68. The molecule has 1 N–H and O–H groups in total. The summed E-state index contributed by atoms with van der Waals surface area (Å²) in [6.45, 7) is 0. The van der Waals surface area contributed by atoms with E-state index in [0.29, 0.717) is 5.92 Å². The van der Waals surface area contributed by atoms with Crippen molar-refractivity contribution in [2.45, 2.75) is 25.2 Å². The van der Waals surface area contributed by atoms with Crippen LogP contribution in [0.25, 0.3) is 0 Å². The van der Waals surface area contributed by atoms with Crippen molar-refractivity contribution < 1.29 is 4.52 Å². The lowest BCUT2D eigenvalue weighted by Gasteiger charge is -2.21. The van der Waals surface area contributed by atoms with Crippen molar-refractivity contribution in [2.75, 3.05) is 12.4 Å². The van der Waals surface area contributed by atoms with E-state index in [4.69, 9.17) is 16.1 Å². The number of aromatic nitrogens is 1. The number of rotatable bonds is 2. The first-order chi connectivity index (χ1) is 8.78. The summed E-state index contributed by atoms with van der Waals surface area (Å²) in [4.78, 5) is 0. The Morgan fingerprint density at radius 2 is 2.33 bits per heavy atom. The molecule has 1 aliphatic rings. The molecule has 4 heteroatoms. The van der Waals surface area contributed by atoms with E-state index in [-0.39, 0.29) is 0 Å². The fourth-order valence-corrected chi connectivity index (χ4v) is 2.85. The molecule has 0 radical (unpaired) electrons. The number of fused-ring (bicyclic) bond motifs is 1. The summed E-state index contributed by atoms with van der Waals surface area (Å²) in [6, 6.07) is 8.11. The molecule has 1 aromatic carbocycles. The summed E-state index contributed by atoms with van der Waals surface area (Å²) in [5, 5.41) is 8.00. The van der Waals surface area contributed by atoms with Gasteiger partial charge in [0.25, 0.3) is 0 Å². The highest BCUT2D eigenvalue weighted by molar-refractivity contribution is 6.30. The van der Waals surface area contributed by atoms with Crippen LogP contribution in [-0.4, -0.2) is 12.2 Å². The molecule has 1 heterocycles. The predicted octanol–water partition coefficient (Wildman–Crippen LogP) is 3.64. The van der Waals surface area contributed by atoms with Crippen LogP contribution in [0.15, 0.2) is 28.8 Å². The maximum Gasteiger partial charge on any atom is 0.227 e. The quantitative estimate of drug-likeness (QED) is 0.898. The molecule has 18 heavy (non-hydrogen) atoms. The van der Waals surface area contributed by atoms with Crippen molar-refractivity contribution in [3.8, 4) is 0 Å². The third-order valence-corrected chi connectivity index (χ3v) is 3.83. The van der Waals surface area contributed by atoms with Crippen LogP contribution in [0.5, 0.6) is 0 Å². The van der Waals surface area contributed by atoms with Crippen LogP contribution in [0, 0.1) is 0 Å². The average molecular weight is 263 g/mol. The van der Waals surface area contributed by atoms with E-state index < -0.39 is 0 Å². The molecule has 0 saturated heterocycles. The summed E-state index contributed by atoms with van der Waals surface area (Å²) in [7, 11) is 1.86. The molecule has 1 aromatic heterocycles. The maximum absolute atomic E-state index is 6.05. The summed E-state index contributed by atoms with van der Waals surface area (Å²) in [6.07, 6.45) is 3.05. The molecule has 3 rings (SSSR count). The molecular formula is C14H15ClN2O. The SMILES string of the molecule is CNc1onc2c1CCC(c1cccc(Cl)c1)C2. The Bertz CT molecular complexity index is 565. The largest absolute Gasteiger partial charge is 0.357 e. The molecule has 94 valence electrons. The van der Waals surface area contributed by atoms with Gasteiger partial charge in [0.1, 0.15) is 0 Å². The smallest absolute Gasteiger partial charge is 0.227 e. The number of nitrogens with one attached hydrogen (secondary N) is 1. The second kappa shape index (κ2) is 4.65. The van der Waals surface area contributed by atoms with Crippen molar-refractivity contribution in [3.63, 3.8) is 0 Å². The Labute approximate surface area is 111 Å². The Morgan fingerprint density at radius 3 is 3.11 bits per heavy atom. The van der Waals surface area contributed by atoms with Gasteiger partial charge in [-0.05, 0) is 36.5 Å². The van der Waals surface area contributed by atoms with Crippen molar-refractivity contribution in [3.05, 3.63) is 46.1 Å². The zero-order valence-electron chi connectivity index (χ0n) is 10.2. The molecule has 0 amide bonds. The first kappa shape index (κ1) is 11.6. The van der Waals surface area contributed by atoms with Crippen LogP contribution >= 0.6 is 11.6 Å². The number of halogens is 1. The third-order valence-electron chi connectivity index (χ3n) is 3.60. The number of anilines is 1. The van der Waals surface area contributed by atoms with Gasteiger partial charge >= 0.3 is 0 Å². The van der Waals surface area contributed by atoms with Crippen molar-refractivity contribution in [2.24, 2.45) is 0 Å². The minimum absolute atomic E-state index is 0.492. The summed E-state index contributed by atoms with van der Waals surface area (Å²) < 4.78 is 5.29. The van der Waals surface area contributed by atoms with Crippen LogP contribution in [0.3, 0.4) is 0 Å². The van der Waals surface area contributed by atoms with Gasteiger partial charge in [0, 0.05) is 24.1 Å². The minimum atomic E-state index is 0.492. The molecular weight excluding hydrogens is 248 g/mol. The molecule has 0 bridgehead atoms. The monoisotopic (exact) mass is 262 g/mol. The van der Waals surface area contributed by atoms with E-state index in [2.05, 4.69) is 22.6 Å². The highest BCUT2D eigenvalue weighted by Gasteiger charge is 2.26. The lowest BCUT2D eigenvalue weighted by Crippen LogP contribution is -2.12. The predicted molar refractivity (Wildman–Crippen MR) is 72.3 cm³/mol. The zero-order valence-corrected chi connectivity index (χ0v) is 11.0. The fourth-order valence-electron chi connectivity index (χ4n) is 2.66. The van der Waals surface area contributed by atoms with E-state index >= 15 is 0 Å². The van der Waals surface area contributed by atoms with Crippen LogP contribution in [-0.2, 0) is 12.8 Å². The van der Waals surface area contributed by atoms with Crippen molar-refractivity contribution >= 4 is 17.5 Å². The molecule has 3 nitrogen and oxygen atoms in total. The van der Waals surface area contributed by atoms with Crippen LogP contribution in [0.1, 0.15) is 29.2 Å². The van der Waals surface area contributed by atoms with E-state index in [0.717, 1.165) is 35.9 Å². The van der Waals surface area contributed by atoms with Crippen LogP contribution in [0.2, 0.25) is 5.02 Å². The van der Waals surface area contributed by atoms with E-state index in [1.807, 2.05) is 19.2 Å². The lowest BCUT2D eigenvalue weighted by atomic mass is 9.83. The van der Waals surface area contributed by atoms with Crippen LogP contribution < -0.4 is 5.32 Å². The number of hydrogen-bond acceptors (Lipinski definition) is 3. The molecule has 1 aliphatic carbocycles. The Kier molecular flexibility index (Phi) is 3.00. The second-order valence-corrected chi connectivity index (χ2v) is 5.12. The van der Waals surface area contributed by atoms with Gasteiger partial charge in [-0.2, -0.15) is 0 Å². The Morgan fingerprint density at radius 1 is 1.44 bits per heavy atom. The van der Waals surface area contributed by atoms with Gasteiger partial charge in [0.15, 0.2) is 0 Å². The summed E-state index contributed by atoms with van der Waals surface area (Å²) in [5.74, 6) is 1.31. The molecule has 0 spiro atoms. The van der Waals surface area contributed by atoms with E-state index in [1.165, 1.54) is 11.1 Å². The topological polar surface area (TPSA) is 38.1 Å². The Balaban J connectivity index is 1.87. The van der Waals surface area contributed by atoms with Gasteiger partial charge in [-0.3, -0.25) is 0 Å². The van der Waals surface area contributed by atoms with Gasteiger partial charge < -0.3 is 9.84 Å². The van der Waals surface area contributed by atoms with Crippen molar-refractivity contribution in [1.82, 2.24) is 5.16 Å². The van der Waals surface area contributed by atoms with E-state index in [9.17, 15) is 0 Å².